The van der Waals surface area contributed by atoms with Gasteiger partial charge in [-0.2, -0.15) is 0 Å². The molecule has 2 aromatic rings. The summed E-state index contributed by atoms with van der Waals surface area (Å²) in [6.45, 7) is 5.12. The van der Waals surface area contributed by atoms with E-state index in [0.29, 0.717) is 11.8 Å². The summed E-state index contributed by atoms with van der Waals surface area (Å²) in [5.41, 5.74) is 1.37. The van der Waals surface area contributed by atoms with Crippen molar-refractivity contribution in [3.8, 4) is 0 Å². The molecule has 3 rings (SSSR count). The first-order valence-electron chi connectivity index (χ1n) is 7.45. The molecule has 1 N–H and O–H groups in total. The minimum Gasteiger partial charge on any atom is -0.423 e. The molecule has 3 unspecified atom stereocenters. The Kier molecular flexibility index (Phi) is 3.83. The van der Waals surface area contributed by atoms with Crippen molar-refractivity contribution in [3.05, 3.63) is 47.7 Å². The van der Waals surface area contributed by atoms with Crippen molar-refractivity contribution in [2.24, 2.45) is 0 Å². The number of rotatable bonds is 6. The lowest BCUT2D eigenvalue weighted by molar-refractivity contribution is 0.376. The quantitative estimate of drug-likeness (QED) is 0.874. The molecule has 4 heteroatoms. The largest absolute Gasteiger partial charge is 0.423 e. The first-order chi connectivity index (χ1) is 9.83. The topological polar surface area (TPSA) is 51.0 Å². The van der Waals surface area contributed by atoms with Crippen molar-refractivity contribution in [3.63, 3.8) is 0 Å². The summed E-state index contributed by atoms with van der Waals surface area (Å²) >= 11 is 0. The van der Waals surface area contributed by atoms with E-state index in [9.17, 15) is 0 Å². The van der Waals surface area contributed by atoms with Crippen LogP contribution in [0.15, 0.2) is 34.7 Å². The Morgan fingerprint density at radius 1 is 1.20 bits per heavy atom. The molecule has 0 aliphatic heterocycles. The lowest BCUT2D eigenvalue weighted by Crippen LogP contribution is -2.20. The highest BCUT2D eigenvalue weighted by Gasteiger charge is 2.43. The molecule has 4 nitrogen and oxygen atoms in total. The van der Waals surface area contributed by atoms with Crippen LogP contribution in [0.4, 0.5) is 0 Å². The second-order valence-electron chi connectivity index (χ2n) is 5.36. The van der Waals surface area contributed by atoms with Gasteiger partial charge in [0.15, 0.2) is 0 Å². The fraction of sp³-hybridized carbons (Fsp3) is 0.500. The summed E-state index contributed by atoms with van der Waals surface area (Å²) in [6.07, 6.45) is 2.08. The maximum Gasteiger partial charge on any atom is 0.233 e. The van der Waals surface area contributed by atoms with E-state index >= 15 is 0 Å². The molecular weight excluding hydrogens is 250 g/mol. The molecule has 0 saturated heterocycles. The van der Waals surface area contributed by atoms with Gasteiger partial charge in [0.25, 0.3) is 0 Å². The van der Waals surface area contributed by atoms with Crippen molar-refractivity contribution in [1.29, 1.82) is 0 Å². The van der Waals surface area contributed by atoms with E-state index in [0.717, 1.165) is 31.2 Å². The first kappa shape index (κ1) is 13.3. The zero-order chi connectivity index (χ0) is 13.9. The summed E-state index contributed by atoms with van der Waals surface area (Å²) in [5, 5.41) is 11.8. The van der Waals surface area contributed by atoms with Crippen LogP contribution in [0.3, 0.4) is 0 Å². The average molecular weight is 271 g/mol. The number of nitrogens with zero attached hydrogens (tertiary/aromatic N) is 2. The smallest absolute Gasteiger partial charge is 0.233 e. The Balaban J connectivity index is 1.70. The van der Waals surface area contributed by atoms with Gasteiger partial charge < -0.3 is 9.73 Å². The minimum absolute atomic E-state index is 0.176. The van der Waals surface area contributed by atoms with Gasteiger partial charge in [-0.1, -0.05) is 44.2 Å². The van der Waals surface area contributed by atoms with Gasteiger partial charge in [-0.3, -0.25) is 0 Å². The fourth-order valence-corrected chi connectivity index (χ4v) is 2.73. The van der Waals surface area contributed by atoms with E-state index in [1.165, 1.54) is 5.56 Å². The Morgan fingerprint density at radius 3 is 2.70 bits per heavy atom. The molecule has 1 fully saturated rings. The highest BCUT2D eigenvalue weighted by molar-refractivity contribution is 5.30. The van der Waals surface area contributed by atoms with Crippen LogP contribution in [-0.4, -0.2) is 16.7 Å². The molecule has 1 aromatic carbocycles. The highest BCUT2D eigenvalue weighted by atomic mass is 16.4. The van der Waals surface area contributed by atoms with Crippen LogP contribution >= 0.6 is 0 Å². The number of hydrogen-bond donors (Lipinski definition) is 1. The Morgan fingerprint density at radius 2 is 2.00 bits per heavy atom. The van der Waals surface area contributed by atoms with Crippen molar-refractivity contribution < 1.29 is 4.42 Å². The summed E-state index contributed by atoms with van der Waals surface area (Å²) in [7, 11) is 0. The van der Waals surface area contributed by atoms with E-state index in [1.807, 2.05) is 6.07 Å². The highest BCUT2D eigenvalue weighted by Crippen LogP contribution is 2.54. The number of hydrogen-bond acceptors (Lipinski definition) is 4. The van der Waals surface area contributed by atoms with Crippen LogP contribution in [0.5, 0.6) is 0 Å². The zero-order valence-corrected chi connectivity index (χ0v) is 12.0. The lowest BCUT2D eigenvalue weighted by atomic mass is 10.1. The van der Waals surface area contributed by atoms with Gasteiger partial charge in [0.1, 0.15) is 0 Å². The van der Waals surface area contributed by atoms with Crippen molar-refractivity contribution >= 4 is 0 Å². The molecule has 1 aliphatic carbocycles. The number of benzene rings is 1. The molecule has 0 amide bonds. The van der Waals surface area contributed by atoms with Gasteiger partial charge in [0, 0.05) is 5.92 Å². The maximum atomic E-state index is 5.88. The van der Waals surface area contributed by atoms with Gasteiger partial charge in [-0.15, -0.1) is 10.2 Å². The Hall–Kier alpha value is -1.68. The molecule has 1 aliphatic rings. The molecule has 1 heterocycles. The summed E-state index contributed by atoms with van der Waals surface area (Å²) in [4.78, 5) is 0. The third kappa shape index (κ3) is 2.61. The van der Waals surface area contributed by atoms with Crippen molar-refractivity contribution in [2.45, 2.75) is 44.6 Å². The lowest BCUT2D eigenvalue weighted by Gasteiger charge is -2.10. The molecule has 1 saturated carbocycles. The molecule has 0 bridgehead atoms. The predicted molar refractivity (Wildman–Crippen MR) is 77.5 cm³/mol. The van der Waals surface area contributed by atoms with Crippen LogP contribution < -0.4 is 5.32 Å². The monoisotopic (exact) mass is 271 g/mol. The molecule has 20 heavy (non-hydrogen) atoms. The molecule has 106 valence electrons. The summed E-state index contributed by atoms with van der Waals surface area (Å²) in [5.74, 6) is 2.47. The van der Waals surface area contributed by atoms with E-state index in [2.05, 4.69) is 53.6 Å². The number of nitrogens with one attached hydrogen (secondary N) is 1. The van der Waals surface area contributed by atoms with Crippen molar-refractivity contribution in [1.82, 2.24) is 15.5 Å². The van der Waals surface area contributed by atoms with E-state index < -0.39 is 0 Å². The third-order valence-corrected chi connectivity index (χ3v) is 3.95. The Bertz CT molecular complexity index is 552. The standard InChI is InChI=1S/C16H21N3O/c1-3-14(17-4-2)16-19-18-15(20-16)13-10-12(13)11-8-6-5-7-9-11/h5-9,12-14,17H,3-4,10H2,1-2H3. The molecule has 1 aromatic heterocycles. The first-order valence-corrected chi connectivity index (χ1v) is 7.45. The number of aromatic nitrogens is 2. The van der Waals surface area contributed by atoms with Crippen LogP contribution in [-0.2, 0) is 0 Å². The summed E-state index contributed by atoms with van der Waals surface area (Å²) < 4.78 is 5.88. The molecular formula is C16H21N3O. The SMILES string of the molecule is CCNC(CC)c1nnc(C2CC2c2ccccc2)o1. The molecule has 0 spiro atoms. The zero-order valence-electron chi connectivity index (χ0n) is 12.0. The van der Waals surface area contributed by atoms with Gasteiger partial charge in [-0.05, 0) is 30.9 Å². The normalized spacial score (nSPS) is 22.7. The maximum absolute atomic E-state index is 5.88. The Labute approximate surface area is 119 Å². The summed E-state index contributed by atoms with van der Waals surface area (Å²) in [6, 6.07) is 10.7. The second-order valence-corrected chi connectivity index (χ2v) is 5.36. The van der Waals surface area contributed by atoms with E-state index in [4.69, 9.17) is 4.42 Å². The van der Waals surface area contributed by atoms with E-state index in [1.54, 1.807) is 0 Å². The van der Waals surface area contributed by atoms with E-state index in [-0.39, 0.29) is 6.04 Å². The van der Waals surface area contributed by atoms with Crippen molar-refractivity contribution in [2.75, 3.05) is 6.54 Å². The van der Waals surface area contributed by atoms with Crippen LogP contribution in [0.25, 0.3) is 0 Å². The molecule has 0 radical (unpaired) electrons. The van der Waals surface area contributed by atoms with Crippen LogP contribution in [0.2, 0.25) is 0 Å². The second kappa shape index (κ2) is 5.75. The molecule has 3 atom stereocenters. The average Bonchev–Trinajstić information content (AvgIpc) is 3.15. The third-order valence-electron chi connectivity index (χ3n) is 3.95. The minimum atomic E-state index is 0.176. The predicted octanol–water partition coefficient (Wildman–Crippen LogP) is 3.40. The van der Waals surface area contributed by atoms with Gasteiger partial charge in [0.2, 0.25) is 11.8 Å². The van der Waals surface area contributed by atoms with Gasteiger partial charge in [-0.25, -0.2) is 0 Å². The van der Waals surface area contributed by atoms with Gasteiger partial charge in [0.05, 0.1) is 6.04 Å². The van der Waals surface area contributed by atoms with Crippen LogP contribution in [0.1, 0.15) is 61.9 Å². The van der Waals surface area contributed by atoms with Gasteiger partial charge >= 0.3 is 0 Å². The van der Waals surface area contributed by atoms with Crippen LogP contribution in [0, 0.1) is 0 Å². The fourth-order valence-electron chi connectivity index (χ4n) is 2.73.